The molecule has 2 aromatic heterocycles. The summed E-state index contributed by atoms with van der Waals surface area (Å²) < 4.78 is 0. The third-order valence-corrected chi connectivity index (χ3v) is 7.87. The average Bonchev–Trinajstić information content (AvgIpc) is 3.30. The van der Waals surface area contributed by atoms with E-state index in [1.54, 1.807) is 0 Å². The lowest BCUT2D eigenvalue weighted by atomic mass is 10.1. The Morgan fingerprint density at radius 1 is 0.720 bits per heavy atom. The van der Waals surface area contributed by atoms with E-state index in [4.69, 9.17) is 0 Å². The average molecular weight is 395 g/mol. The molecule has 0 nitrogen and oxygen atoms in total. The highest BCUT2D eigenvalue weighted by atomic mass is 32.2. The molecule has 0 atom stereocenters. The minimum Gasteiger partial charge on any atom is -0.143 e. The van der Waals surface area contributed by atoms with Crippen molar-refractivity contribution in [3.8, 4) is 9.75 Å². The van der Waals surface area contributed by atoms with E-state index in [1.165, 1.54) is 97.5 Å². The second kappa shape index (κ2) is 13.9. The van der Waals surface area contributed by atoms with E-state index in [0.717, 1.165) is 0 Å². The standard InChI is InChI=1S/C22H34S3/c1-2-3-4-5-6-7-8-9-10-11-12-13-17-23-21-16-19-25-22(21)20-15-14-18-24-20/h14-16,18-19H,2-13,17H2,1H3. The minimum atomic E-state index is 1.27. The molecule has 0 fully saturated rings. The molecule has 0 unspecified atom stereocenters. The Bertz CT molecular complexity index is 527. The van der Waals surface area contributed by atoms with Crippen LogP contribution in [0.25, 0.3) is 9.75 Å². The van der Waals surface area contributed by atoms with E-state index in [1.807, 2.05) is 22.7 Å². The van der Waals surface area contributed by atoms with Crippen LogP contribution in [0.5, 0.6) is 0 Å². The fourth-order valence-corrected chi connectivity index (χ4v) is 6.24. The first-order valence-electron chi connectivity index (χ1n) is 10.2. The van der Waals surface area contributed by atoms with Crippen LogP contribution in [0.3, 0.4) is 0 Å². The quantitative estimate of drug-likeness (QED) is 0.214. The van der Waals surface area contributed by atoms with E-state index >= 15 is 0 Å². The number of hydrogen-bond donors (Lipinski definition) is 0. The molecule has 0 saturated heterocycles. The highest BCUT2D eigenvalue weighted by molar-refractivity contribution is 7.99. The van der Waals surface area contributed by atoms with E-state index in [2.05, 4.69) is 47.6 Å². The lowest BCUT2D eigenvalue weighted by Crippen LogP contribution is -1.84. The summed E-state index contributed by atoms with van der Waals surface area (Å²) in [5.74, 6) is 1.27. The van der Waals surface area contributed by atoms with Crippen LogP contribution in [-0.4, -0.2) is 5.75 Å². The Balaban J connectivity index is 1.42. The molecular formula is C22H34S3. The van der Waals surface area contributed by atoms with Crippen molar-refractivity contribution < 1.29 is 0 Å². The molecule has 2 rings (SSSR count). The third-order valence-electron chi connectivity index (χ3n) is 4.63. The fourth-order valence-electron chi connectivity index (χ4n) is 3.12. The summed E-state index contributed by atoms with van der Waals surface area (Å²) in [6.45, 7) is 2.29. The summed E-state index contributed by atoms with van der Waals surface area (Å²) in [6.07, 6.45) is 17.2. The van der Waals surface area contributed by atoms with Gasteiger partial charge in [0.2, 0.25) is 0 Å². The van der Waals surface area contributed by atoms with E-state index in [0.29, 0.717) is 0 Å². The zero-order valence-electron chi connectivity index (χ0n) is 15.8. The molecule has 25 heavy (non-hydrogen) atoms. The van der Waals surface area contributed by atoms with Crippen LogP contribution in [0.15, 0.2) is 33.9 Å². The zero-order chi connectivity index (χ0) is 17.6. The summed E-state index contributed by atoms with van der Waals surface area (Å²) in [6, 6.07) is 6.69. The van der Waals surface area contributed by atoms with E-state index in [9.17, 15) is 0 Å². The van der Waals surface area contributed by atoms with Gasteiger partial charge >= 0.3 is 0 Å². The summed E-state index contributed by atoms with van der Waals surface area (Å²) in [7, 11) is 0. The van der Waals surface area contributed by atoms with Crippen molar-refractivity contribution in [2.75, 3.05) is 5.75 Å². The predicted octanol–water partition coefficient (Wildman–Crippen LogP) is 9.27. The van der Waals surface area contributed by atoms with Gasteiger partial charge in [-0.1, -0.05) is 83.6 Å². The molecule has 0 N–H and O–H groups in total. The first kappa shape index (κ1) is 21.1. The van der Waals surface area contributed by atoms with Crippen LogP contribution in [-0.2, 0) is 0 Å². The predicted molar refractivity (Wildman–Crippen MR) is 119 cm³/mol. The van der Waals surface area contributed by atoms with Gasteiger partial charge in [0.15, 0.2) is 0 Å². The lowest BCUT2D eigenvalue weighted by Gasteiger charge is -2.04. The molecule has 0 aliphatic heterocycles. The van der Waals surface area contributed by atoms with Gasteiger partial charge in [-0.3, -0.25) is 0 Å². The second-order valence-electron chi connectivity index (χ2n) is 6.83. The maximum absolute atomic E-state index is 2.30. The number of hydrogen-bond acceptors (Lipinski definition) is 3. The van der Waals surface area contributed by atoms with Gasteiger partial charge < -0.3 is 0 Å². The van der Waals surface area contributed by atoms with Crippen molar-refractivity contribution in [2.45, 2.75) is 88.9 Å². The molecule has 0 spiro atoms. The summed E-state index contributed by atoms with van der Waals surface area (Å²) in [5.41, 5.74) is 0. The molecule has 0 aliphatic carbocycles. The highest BCUT2D eigenvalue weighted by Crippen LogP contribution is 2.38. The van der Waals surface area contributed by atoms with Crippen molar-refractivity contribution in [2.24, 2.45) is 0 Å². The molecule has 0 amide bonds. The maximum atomic E-state index is 2.30. The van der Waals surface area contributed by atoms with Crippen molar-refractivity contribution >= 4 is 34.4 Å². The number of unbranched alkanes of at least 4 members (excludes halogenated alkanes) is 11. The van der Waals surface area contributed by atoms with Crippen LogP contribution in [0, 0.1) is 0 Å². The van der Waals surface area contributed by atoms with Gasteiger partial charge in [0.1, 0.15) is 0 Å². The summed E-state index contributed by atoms with van der Waals surface area (Å²) in [4.78, 5) is 4.38. The van der Waals surface area contributed by atoms with Crippen molar-refractivity contribution in [1.82, 2.24) is 0 Å². The molecule has 0 bridgehead atoms. The molecule has 0 aromatic carbocycles. The largest absolute Gasteiger partial charge is 0.143 e. The van der Waals surface area contributed by atoms with Gasteiger partial charge in [-0.15, -0.1) is 34.4 Å². The van der Waals surface area contributed by atoms with Crippen molar-refractivity contribution in [1.29, 1.82) is 0 Å². The zero-order valence-corrected chi connectivity index (χ0v) is 18.3. The molecule has 3 heteroatoms. The minimum absolute atomic E-state index is 1.27. The Morgan fingerprint density at radius 2 is 1.36 bits per heavy atom. The van der Waals surface area contributed by atoms with Gasteiger partial charge in [-0.2, -0.15) is 0 Å². The number of rotatable bonds is 15. The topological polar surface area (TPSA) is 0 Å². The van der Waals surface area contributed by atoms with Crippen LogP contribution < -0.4 is 0 Å². The third kappa shape index (κ3) is 8.79. The molecule has 2 aromatic rings. The molecule has 0 aliphatic rings. The normalized spacial score (nSPS) is 11.2. The van der Waals surface area contributed by atoms with E-state index < -0.39 is 0 Å². The van der Waals surface area contributed by atoms with E-state index in [-0.39, 0.29) is 0 Å². The number of thiophene rings is 2. The molecule has 140 valence electrons. The Labute approximate surface area is 167 Å². The second-order valence-corrected chi connectivity index (χ2v) is 9.83. The molecule has 0 radical (unpaired) electrons. The Morgan fingerprint density at radius 3 is 1.96 bits per heavy atom. The van der Waals surface area contributed by atoms with Gasteiger partial charge in [-0.05, 0) is 35.1 Å². The highest BCUT2D eigenvalue weighted by Gasteiger charge is 2.08. The van der Waals surface area contributed by atoms with Crippen LogP contribution in [0.4, 0.5) is 0 Å². The smallest absolute Gasteiger partial charge is 0.0578 e. The van der Waals surface area contributed by atoms with Crippen molar-refractivity contribution in [3.05, 3.63) is 29.0 Å². The van der Waals surface area contributed by atoms with Crippen molar-refractivity contribution in [3.63, 3.8) is 0 Å². The summed E-state index contributed by atoms with van der Waals surface area (Å²) in [5, 5.41) is 4.41. The van der Waals surface area contributed by atoms with Gasteiger partial charge in [-0.25, -0.2) is 0 Å². The molecule has 2 heterocycles. The fraction of sp³-hybridized carbons (Fsp3) is 0.636. The van der Waals surface area contributed by atoms with Crippen LogP contribution in [0.2, 0.25) is 0 Å². The number of thioether (sulfide) groups is 1. The summed E-state index contributed by atoms with van der Waals surface area (Å²) >= 11 is 5.79. The van der Waals surface area contributed by atoms with Gasteiger partial charge in [0.05, 0.1) is 4.88 Å². The van der Waals surface area contributed by atoms with Crippen LogP contribution >= 0.6 is 34.4 Å². The lowest BCUT2D eigenvalue weighted by molar-refractivity contribution is 0.548. The first-order valence-corrected chi connectivity index (χ1v) is 12.9. The maximum Gasteiger partial charge on any atom is 0.0578 e. The monoisotopic (exact) mass is 394 g/mol. The SMILES string of the molecule is CCCCCCCCCCCCCCSc1ccsc1-c1cccs1. The van der Waals surface area contributed by atoms with Crippen LogP contribution in [0.1, 0.15) is 84.0 Å². The molecular weight excluding hydrogens is 360 g/mol. The Hall–Kier alpha value is -0.250. The van der Waals surface area contributed by atoms with Gasteiger partial charge in [0, 0.05) is 9.77 Å². The molecule has 0 saturated carbocycles. The van der Waals surface area contributed by atoms with Gasteiger partial charge in [0.25, 0.3) is 0 Å². The first-order chi connectivity index (χ1) is 12.4. The Kier molecular flexibility index (Phi) is 11.7.